The molecule has 4 nitrogen and oxygen atoms in total. The van der Waals surface area contributed by atoms with Crippen molar-refractivity contribution in [1.29, 1.82) is 0 Å². The van der Waals surface area contributed by atoms with Gasteiger partial charge in [0, 0.05) is 5.02 Å². The number of benzene rings is 1. The molecule has 2 N–H and O–H groups in total. The predicted molar refractivity (Wildman–Crippen MR) is 76.5 cm³/mol. The highest BCUT2D eigenvalue weighted by atomic mass is 35.5. The highest BCUT2D eigenvalue weighted by molar-refractivity contribution is 6.31. The van der Waals surface area contributed by atoms with Gasteiger partial charge in [-0.2, -0.15) is 5.48 Å². The van der Waals surface area contributed by atoms with E-state index in [0.29, 0.717) is 29.8 Å². The number of aryl methyl sites for hydroxylation is 1. The quantitative estimate of drug-likeness (QED) is 0.570. The van der Waals surface area contributed by atoms with Crippen LogP contribution in [0.2, 0.25) is 5.02 Å². The number of aliphatic hydroxyl groups is 1. The number of nitrogens with one attached hydrogen (secondary N) is 1. The molecule has 0 saturated carbocycles. The van der Waals surface area contributed by atoms with Gasteiger partial charge in [-0.1, -0.05) is 25.4 Å². The van der Waals surface area contributed by atoms with Crippen LogP contribution in [0.5, 0.6) is 5.75 Å². The van der Waals surface area contributed by atoms with Gasteiger partial charge in [0.25, 0.3) is 0 Å². The smallest absolute Gasteiger partial charge is 0.119 e. The van der Waals surface area contributed by atoms with Gasteiger partial charge in [0.2, 0.25) is 0 Å². The van der Waals surface area contributed by atoms with E-state index in [4.69, 9.17) is 21.2 Å². The van der Waals surface area contributed by atoms with E-state index in [9.17, 15) is 5.11 Å². The zero-order valence-corrected chi connectivity index (χ0v) is 12.4. The number of ether oxygens (including phenoxy) is 1. The fourth-order valence-corrected chi connectivity index (χ4v) is 1.46. The van der Waals surface area contributed by atoms with Gasteiger partial charge >= 0.3 is 0 Å². The first-order valence-electron chi connectivity index (χ1n) is 6.40. The number of hydrogen-bond donors (Lipinski definition) is 2. The molecule has 5 heteroatoms. The molecule has 0 aliphatic heterocycles. The molecule has 1 aromatic rings. The second kappa shape index (κ2) is 8.38. The Morgan fingerprint density at radius 2 is 2.05 bits per heavy atom. The fourth-order valence-electron chi connectivity index (χ4n) is 1.34. The standard InChI is InChI=1S/C14H22ClNO3/c1-10(2)8-19-16-7-12(17)9-18-13-4-5-14(15)11(3)6-13/h4-6,10,12,16-17H,7-9H2,1-3H3. The molecule has 19 heavy (non-hydrogen) atoms. The first kappa shape index (κ1) is 16.2. The molecule has 1 rings (SSSR count). The van der Waals surface area contributed by atoms with Crippen molar-refractivity contribution in [2.75, 3.05) is 19.8 Å². The molecule has 1 aromatic carbocycles. The van der Waals surface area contributed by atoms with Gasteiger partial charge in [-0.15, -0.1) is 0 Å². The molecule has 0 aliphatic rings. The number of halogens is 1. The van der Waals surface area contributed by atoms with E-state index in [1.54, 1.807) is 12.1 Å². The van der Waals surface area contributed by atoms with E-state index in [1.165, 1.54) is 0 Å². The molecule has 108 valence electrons. The Hall–Kier alpha value is -0.810. The third kappa shape index (κ3) is 6.78. The summed E-state index contributed by atoms with van der Waals surface area (Å²) in [7, 11) is 0. The van der Waals surface area contributed by atoms with Gasteiger partial charge < -0.3 is 14.7 Å². The van der Waals surface area contributed by atoms with E-state index in [0.717, 1.165) is 5.56 Å². The van der Waals surface area contributed by atoms with Crippen molar-refractivity contribution in [3.05, 3.63) is 28.8 Å². The normalized spacial score (nSPS) is 12.7. The summed E-state index contributed by atoms with van der Waals surface area (Å²) < 4.78 is 5.48. The summed E-state index contributed by atoms with van der Waals surface area (Å²) >= 11 is 5.92. The second-order valence-electron chi connectivity index (χ2n) is 4.93. The summed E-state index contributed by atoms with van der Waals surface area (Å²) in [6.45, 7) is 7.18. The largest absolute Gasteiger partial charge is 0.491 e. The molecular weight excluding hydrogens is 266 g/mol. The molecule has 0 spiro atoms. The van der Waals surface area contributed by atoms with Gasteiger partial charge in [0.15, 0.2) is 0 Å². The van der Waals surface area contributed by atoms with Crippen LogP contribution < -0.4 is 10.2 Å². The highest BCUT2D eigenvalue weighted by Gasteiger charge is 2.06. The molecule has 1 unspecified atom stereocenters. The van der Waals surface area contributed by atoms with Crippen molar-refractivity contribution >= 4 is 11.6 Å². The zero-order chi connectivity index (χ0) is 14.3. The molecule has 0 radical (unpaired) electrons. The first-order chi connectivity index (χ1) is 8.99. The summed E-state index contributed by atoms with van der Waals surface area (Å²) in [5.74, 6) is 1.15. The van der Waals surface area contributed by atoms with Crippen molar-refractivity contribution in [1.82, 2.24) is 5.48 Å². The molecule has 0 fully saturated rings. The van der Waals surface area contributed by atoms with Crippen molar-refractivity contribution in [3.63, 3.8) is 0 Å². The summed E-state index contributed by atoms with van der Waals surface area (Å²) in [6.07, 6.45) is -0.622. The minimum atomic E-state index is -0.622. The van der Waals surface area contributed by atoms with Crippen LogP contribution in [-0.4, -0.2) is 31.0 Å². The van der Waals surface area contributed by atoms with Crippen LogP contribution >= 0.6 is 11.6 Å². The second-order valence-corrected chi connectivity index (χ2v) is 5.34. The van der Waals surface area contributed by atoms with E-state index >= 15 is 0 Å². The number of hydroxylamine groups is 1. The molecule has 1 atom stereocenters. The van der Waals surface area contributed by atoms with E-state index < -0.39 is 6.10 Å². The Balaban J connectivity index is 2.22. The molecule has 0 bridgehead atoms. The highest BCUT2D eigenvalue weighted by Crippen LogP contribution is 2.20. The van der Waals surface area contributed by atoms with Crippen molar-refractivity contribution in [3.8, 4) is 5.75 Å². The average molecular weight is 288 g/mol. The minimum Gasteiger partial charge on any atom is -0.491 e. The van der Waals surface area contributed by atoms with Crippen LogP contribution in [0, 0.1) is 12.8 Å². The lowest BCUT2D eigenvalue weighted by Crippen LogP contribution is -2.32. The molecule has 0 aromatic heterocycles. The van der Waals surface area contributed by atoms with Crippen LogP contribution in [0.1, 0.15) is 19.4 Å². The van der Waals surface area contributed by atoms with Gasteiger partial charge in [0.1, 0.15) is 18.5 Å². The Labute approximate surface area is 119 Å². The number of rotatable bonds is 8. The summed E-state index contributed by atoms with van der Waals surface area (Å²) in [4.78, 5) is 5.17. The van der Waals surface area contributed by atoms with Crippen LogP contribution in [0.15, 0.2) is 18.2 Å². The summed E-state index contributed by atoms with van der Waals surface area (Å²) in [6, 6.07) is 5.41. The lowest BCUT2D eigenvalue weighted by Gasteiger charge is -2.14. The molecule has 0 saturated heterocycles. The van der Waals surface area contributed by atoms with Crippen LogP contribution in [0.4, 0.5) is 0 Å². The van der Waals surface area contributed by atoms with Crippen molar-refractivity contribution < 1.29 is 14.7 Å². The van der Waals surface area contributed by atoms with Gasteiger partial charge in [0.05, 0.1) is 13.2 Å². The Morgan fingerprint density at radius 3 is 2.68 bits per heavy atom. The van der Waals surface area contributed by atoms with E-state index in [2.05, 4.69) is 19.3 Å². The zero-order valence-electron chi connectivity index (χ0n) is 11.6. The minimum absolute atomic E-state index is 0.207. The van der Waals surface area contributed by atoms with Crippen LogP contribution in [0.3, 0.4) is 0 Å². The van der Waals surface area contributed by atoms with Gasteiger partial charge in [-0.25, -0.2) is 0 Å². The SMILES string of the molecule is Cc1cc(OCC(O)CNOCC(C)C)ccc1Cl. The third-order valence-electron chi connectivity index (χ3n) is 2.41. The fraction of sp³-hybridized carbons (Fsp3) is 0.571. The lowest BCUT2D eigenvalue weighted by atomic mass is 10.2. The Kier molecular flexibility index (Phi) is 7.16. The average Bonchev–Trinajstić information content (AvgIpc) is 2.36. The lowest BCUT2D eigenvalue weighted by molar-refractivity contribution is -0.00773. The van der Waals surface area contributed by atoms with Crippen LogP contribution in [-0.2, 0) is 4.84 Å². The maximum atomic E-state index is 9.71. The molecule has 0 amide bonds. The monoisotopic (exact) mass is 287 g/mol. The molecule has 0 heterocycles. The Bertz CT molecular complexity index is 385. The van der Waals surface area contributed by atoms with E-state index in [1.807, 2.05) is 13.0 Å². The van der Waals surface area contributed by atoms with Crippen molar-refractivity contribution in [2.45, 2.75) is 26.9 Å². The molecule has 0 aliphatic carbocycles. The third-order valence-corrected chi connectivity index (χ3v) is 2.83. The van der Waals surface area contributed by atoms with Crippen molar-refractivity contribution in [2.24, 2.45) is 5.92 Å². The van der Waals surface area contributed by atoms with Gasteiger partial charge in [-0.05, 0) is 36.6 Å². The first-order valence-corrected chi connectivity index (χ1v) is 6.78. The topological polar surface area (TPSA) is 50.7 Å². The molecular formula is C14H22ClNO3. The van der Waals surface area contributed by atoms with Crippen LogP contribution in [0.25, 0.3) is 0 Å². The maximum absolute atomic E-state index is 9.71. The number of hydrogen-bond acceptors (Lipinski definition) is 4. The maximum Gasteiger partial charge on any atom is 0.119 e. The number of aliphatic hydroxyl groups excluding tert-OH is 1. The predicted octanol–water partition coefficient (Wildman–Crippen LogP) is 2.57. The van der Waals surface area contributed by atoms with E-state index in [-0.39, 0.29) is 6.61 Å². The summed E-state index contributed by atoms with van der Waals surface area (Å²) in [5, 5.41) is 10.4. The Morgan fingerprint density at radius 1 is 1.32 bits per heavy atom. The van der Waals surface area contributed by atoms with Gasteiger partial charge in [-0.3, -0.25) is 0 Å². The summed E-state index contributed by atoms with van der Waals surface area (Å²) in [5.41, 5.74) is 3.67.